The Balaban J connectivity index is 1.95. The number of aryl methyl sites for hydroxylation is 1. The molecule has 19 heavy (non-hydrogen) atoms. The van der Waals surface area contributed by atoms with Crippen molar-refractivity contribution < 1.29 is 4.79 Å². The lowest BCUT2D eigenvalue weighted by Gasteiger charge is -2.26. The third-order valence-corrected chi connectivity index (χ3v) is 3.72. The summed E-state index contributed by atoms with van der Waals surface area (Å²) >= 11 is 5.89. The number of hydrogen-bond donors (Lipinski definition) is 1. The Morgan fingerprint density at radius 3 is 2.63 bits per heavy atom. The Morgan fingerprint density at radius 2 is 1.89 bits per heavy atom. The molecule has 1 heterocycles. The topological polar surface area (TPSA) is 29.1 Å². The molecule has 96 valence electrons. The van der Waals surface area contributed by atoms with Crippen LogP contribution in [0.2, 0.25) is 5.02 Å². The zero-order chi connectivity index (χ0) is 13.4. The number of benzene rings is 2. The number of carbonyl (C=O) groups is 1. The van der Waals surface area contributed by atoms with Crippen molar-refractivity contribution in [2.45, 2.75) is 19.4 Å². The summed E-state index contributed by atoms with van der Waals surface area (Å²) in [5.74, 6) is 0.192. The number of rotatable bonds is 1. The summed E-state index contributed by atoms with van der Waals surface area (Å²) in [6.07, 6.45) is 0.484. The van der Waals surface area contributed by atoms with Crippen LogP contribution < -0.4 is 5.32 Å². The Kier molecular flexibility index (Phi) is 3.03. The lowest BCUT2D eigenvalue weighted by molar-refractivity contribution is 0.0972. The highest BCUT2D eigenvalue weighted by atomic mass is 35.5. The minimum atomic E-state index is 0.0278. The molecule has 0 fully saturated rings. The van der Waals surface area contributed by atoms with Crippen LogP contribution in [0.4, 0.5) is 5.69 Å². The van der Waals surface area contributed by atoms with Gasteiger partial charge < -0.3 is 5.32 Å². The summed E-state index contributed by atoms with van der Waals surface area (Å²) in [6, 6.07) is 13.6. The second-order valence-electron chi connectivity index (χ2n) is 4.92. The normalized spacial score (nSPS) is 17.8. The highest BCUT2D eigenvalue weighted by molar-refractivity contribution is 6.30. The van der Waals surface area contributed by atoms with E-state index in [1.54, 1.807) is 0 Å². The lowest BCUT2D eigenvalue weighted by atomic mass is 9.91. The Labute approximate surface area is 117 Å². The lowest BCUT2D eigenvalue weighted by Crippen LogP contribution is -2.22. The largest absolute Gasteiger partial charge is 0.377 e. The van der Waals surface area contributed by atoms with Crippen molar-refractivity contribution in [3.05, 3.63) is 64.2 Å². The molecular formula is C16H14ClNO. The molecule has 3 rings (SSSR count). The van der Waals surface area contributed by atoms with Gasteiger partial charge in [0.2, 0.25) is 0 Å². The van der Waals surface area contributed by atoms with Gasteiger partial charge >= 0.3 is 0 Å². The van der Waals surface area contributed by atoms with Crippen LogP contribution in [0.5, 0.6) is 0 Å². The van der Waals surface area contributed by atoms with Crippen LogP contribution in [0.25, 0.3) is 0 Å². The van der Waals surface area contributed by atoms with Crippen molar-refractivity contribution >= 4 is 23.1 Å². The van der Waals surface area contributed by atoms with E-state index in [-0.39, 0.29) is 11.8 Å². The van der Waals surface area contributed by atoms with Crippen molar-refractivity contribution in [1.29, 1.82) is 0 Å². The number of halogens is 1. The van der Waals surface area contributed by atoms with E-state index in [0.29, 0.717) is 11.4 Å². The van der Waals surface area contributed by atoms with Gasteiger partial charge in [0.05, 0.1) is 6.04 Å². The molecule has 1 atom stereocenters. The zero-order valence-corrected chi connectivity index (χ0v) is 11.4. The fourth-order valence-corrected chi connectivity index (χ4v) is 2.57. The van der Waals surface area contributed by atoms with Crippen LogP contribution >= 0.6 is 11.6 Å². The first-order valence-electron chi connectivity index (χ1n) is 6.29. The molecule has 0 radical (unpaired) electrons. The van der Waals surface area contributed by atoms with Crippen LogP contribution in [-0.2, 0) is 0 Å². The molecule has 0 bridgehead atoms. The van der Waals surface area contributed by atoms with E-state index >= 15 is 0 Å². The average Bonchev–Trinajstić information content (AvgIpc) is 2.40. The van der Waals surface area contributed by atoms with E-state index in [1.807, 2.05) is 49.4 Å². The first kappa shape index (κ1) is 12.2. The van der Waals surface area contributed by atoms with E-state index in [9.17, 15) is 4.79 Å². The van der Waals surface area contributed by atoms with Crippen molar-refractivity contribution in [3.8, 4) is 0 Å². The smallest absolute Gasteiger partial charge is 0.167 e. The standard InChI is InChI=1S/C16H14ClNO/c1-10-2-7-14-13(8-10)16(19)9-15(18-14)11-3-5-12(17)6-4-11/h2-8,15,18H,9H2,1H3. The van der Waals surface area contributed by atoms with E-state index in [2.05, 4.69) is 5.32 Å². The molecule has 1 unspecified atom stereocenters. The summed E-state index contributed by atoms with van der Waals surface area (Å²) < 4.78 is 0. The maximum absolute atomic E-state index is 12.2. The number of ketones is 1. The molecule has 0 saturated heterocycles. The van der Waals surface area contributed by atoms with E-state index in [1.165, 1.54) is 0 Å². The van der Waals surface area contributed by atoms with Gasteiger partial charge in [0.15, 0.2) is 5.78 Å². The number of anilines is 1. The average molecular weight is 272 g/mol. The molecule has 2 aromatic rings. The van der Waals surface area contributed by atoms with Gasteiger partial charge in [0.1, 0.15) is 0 Å². The van der Waals surface area contributed by atoms with Crippen LogP contribution in [0, 0.1) is 6.92 Å². The summed E-state index contributed by atoms with van der Waals surface area (Å²) in [5, 5.41) is 4.14. The predicted molar refractivity (Wildman–Crippen MR) is 77.9 cm³/mol. The Hall–Kier alpha value is -1.80. The van der Waals surface area contributed by atoms with Crippen LogP contribution in [0.3, 0.4) is 0 Å². The molecule has 2 nitrogen and oxygen atoms in total. The van der Waals surface area contributed by atoms with Gasteiger partial charge in [-0.05, 0) is 36.8 Å². The fraction of sp³-hybridized carbons (Fsp3) is 0.188. The van der Waals surface area contributed by atoms with Gasteiger partial charge in [-0.15, -0.1) is 0 Å². The number of carbonyl (C=O) groups excluding carboxylic acids is 1. The van der Waals surface area contributed by atoms with Crippen molar-refractivity contribution in [1.82, 2.24) is 0 Å². The monoisotopic (exact) mass is 271 g/mol. The quantitative estimate of drug-likeness (QED) is 0.833. The van der Waals surface area contributed by atoms with Gasteiger partial charge in [-0.3, -0.25) is 4.79 Å². The predicted octanol–water partition coefficient (Wildman–Crippen LogP) is 4.39. The van der Waals surface area contributed by atoms with Gasteiger partial charge in [-0.1, -0.05) is 35.4 Å². The Morgan fingerprint density at radius 1 is 1.16 bits per heavy atom. The maximum Gasteiger partial charge on any atom is 0.167 e. The second kappa shape index (κ2) is 4.71. The molecule has 0 spiro atoms. The molecule has 2 aromatic carbocycles. The van der Waals surface area contributed by atoms with Gasteiger partial charge in [-0.25, -0.2) is 0 Å². The number of nitrogens with one attached hydrogen (secondary N) is 1. The minimum Gasteiger partial charge on any atom is -0.377 e. The minimum absolute atomic E-state index is 0.0278. The third kappa shape index (κ3) is 2.36. The van der Waals surface area contributed by atoms with Crippen LogP contribution in [0.15, 0.2) is 42.5 Å². The fourth-order valence-electron chi connectivity index (χ4n) is 2.45. The molecule has 0 amide bonds. The van der Waals surface area contributed by atoms with E-state index < -0.39 is 0 Å². The second-order valence-corrected chi connectivity index (χ2v) is 5.36. The zero-order valence-electron chi connectivity index (χ0n) is 10.6. The van der Waals surface area contributed by atoms with Gasteiger partial charge in [-0.2, -0.15) is 0 Å². The summed E-state index contributed by atoms with van der Waals surface area (Å²) in [5.41, 5.74) is 3.91. The number of hydrogen-bond acceptors (Lipinski definition) is 2. The van der Waals surface area contributed by atoms with Gasteiger partial charge in [0.25, 0.3) is 0 Å². The molecule has 0 aromatic heterocycles. The molecule has 0 saturated carbocycles. The van der Waals surface area contributed by atoms with Crippen molar-refractivity contribution in [2.24, 2.45) is 0 Å². The summed E-state index contributed by atoms with van der Waals surface area (Å²) in [4.78, 5) is 12.2. The third-order valence-electron chi connectivity index (χ3n) is 3.47. The van der Waals surface area contributed by atoms with E-state index in [4.69, 9.17) is 11.6 Å². The molecule has 1 N–H and O–H groups in total. The van der Waals surface area contributed by atoms with Crippen LogP contribution in [-0.4, -0.2) is 5.78 Å². The van der Waals surface area contributed by atoms with Crippen molar-refractivity contribution in [3.63, 3.8) is 0 Å². The molecule has 1 aliphatic heterocycles. The first-order valence-corrected chi connectivity index (χ1v) is 6.67. The first-order chi connectivity index (χ1) is 9.13. The maximum atomic E-state index is 12.2. The molecule has 3 heteroatoms. The molecule has 1 aliphatic rings. The number of fused-ring (bicyclic) bond motifs is 1. The molecular weight excluding hydrogens is 258 g/mol. The molecule has 0 aliphatic carbocycles. The Bertz CT molecular complexity index is 634. The summed E-state index contributed by atoms with van der Waals surface area (Å²) in [6.45, 7) is 2.00. The number of Topliss-reactive ketones (excluding diaryl/α,β-unsaturated/α-hetero) is 1. The SMILES string of the molecule is Cc1ccc2c(c1)C(=O)CC(c1ccc(Cl)cc1)N2. The van der Waals surface area contributed by atoms with Gasteiger partial charge in [0, 0.05) is 22.7 Å². The van der Waals surface area contributed by atoms with Crippen LogP contribution in [0.1, 0.15) is 33.9 Å². The highest BCUT2D eigenvalue weighted by Gasteiger charge is 2.25. The van der Waals surface area contributed by atoms with E-state index in [0.717, 1.165) is 22.4 Å². The highest BCUT2D eigenvalue weighted by Crippen LogP contribution is 2.33. The summed E-state index contributed by atoms with van der Waals surface area (Å²) in [7, 11) is 0. The van der Waals surface area contributed by atoms with Crippen molar-refractivity contribution in [2.75, 3.05) is 5.32 Å².